The van der Waals surface area contributed by atoms with E-state index in [9.17, 15) is 9.59 Å². The molecular weight excluding hydrogens is 1120 g/mol. The molecule has 0 radical (unpaired) electrons. The van der Waals surface area contributed by atoms with Crippen molar-refractivity contribution in [3.8, 4) is 0 Å². The lowest BCUT2D eigenvalue weighted by atomic mass is 9.45. The first-order valence-corrected chi connectivity index (χ1v) is 34.9. The summed E-state index contributed by atoms with van der Waals surface area (Å²) in [5.41, 5.74) is 4.79. The number of hydrogen-bond donors (Lipinski definition) is 3. The Morgan fingerprint density at radius 2 is 0.769 bits per heavy atom. The van der Waals surface area contributed by atoms with Crippen molar-refractivity contribution in [2.45, 2.75) is 360 Å². The van der Waals surface area contributed by atoms with Gasteiger partial charge in [-0.3, -0.25) is 4.79 Å². The molecule has 2 amide bonds. The van der Waals surface area contributed by atoms with E-state index in [1.165, 1.54) is 31.9 Å². The molecule has 10 heteroatoms. The van der Waals surface area contributed by atoms with Gasteiger partial charge in [0.05, 0.1) is 19.8 Å². The van der Waals surface area contributed by atoms with Crippen LogP contribution in [0.1, 0.15) is 323 Å². The summed E-state index contributed by atoms with van der Waals surface area (Å²) >= 11 is 0. The minimum absolute atomic E-state index is 0.0203. The molecule has 1 saturated carbocycles. The molecular formula is C81H164N4O6. The summed E-state index contributed by atoms with van der Waals surface area (Å²) in [6.07, 6.45) is 4.18. The minimum Gasteiger partial charge on any atom is -0.453 e. The summed E-state index contributed by atoms with van der Waals surface area (Å²) < 4.78 is 22.0. The average Bonchev–Trinajstić information content (AvgIpc) is 0.795. The van der Waals surface area contributed by atoms with E-state index in [1.54, 1.807) is 6.92 Å². The molecule has 1 aliphatic heterocycles. The quantitative estimate of drug-likeness (QED) is 0.248. The summed E-state index contributed by atoms with van der Waals surface area (Å²) in [6.45, 7) is 96.6. The molecule has 544 valence electrons. The van der Waals surface area contributed by atoms with Gasteiger partial charge < -0.3 is 39.8 Å². The molecule has 0 unspecified atom stereocenters. The lowest BCUT2D eigenvalue weighted by molar-refractivity contribution is -0.468. The van der Waals surface area contributed by atoms with Crippen LogP contribution >= 0.6 is 0 Å². The highest BCUT2D eigenvalue weighted by molar-refractivity contribution is 5.73. The maximum atomic E-state index is 11.2. The summed E-state index contributed by atoms with van der Waals surface area (Å²) in [6, 6.07) is 11.9. The van der Waals surface area contributed by atoms with Crippen LogP contribution in [0.2, 0.25) is 0 Å². The molecule has 10 nitrogen and oxygen atoms in total. The van der Waals surface area contributed by atoms with Crippen molar-refractivity contribution in [2.75, 3.05) is 35.0 Å². The highest BCUT2D eigenvalue weighted by Crippen LogP contribution is 2.63. The molecule has 3 rings (SSSR count). The summed E-state index contributed by atoms with van der Waals surface area (Å²) in [5, 5.41) is 9.29. The first-order valence-electron chi connectivity index (χ1n) is 34.9. The van der Waals surface area contributed by atoms with Crippen LogP contribution in [0.25, 0.3) is 0 Å². The fourth-order valence-electron chi connectivity index (χ4n) is 16.7. The van der Waals surface area contributed by atoms with E-state index in [2.05, 4.69) is 355 Å². The highest BCUT2D eigenvalue weighted by atomic mass is 16.9. The van der Waals surface area contributed by atoms with E-state index in [-0.39, 0.29) is 73.5 Å². The van der Waals surface area contributed by atoms with Crippen LogP contribution in [0.4, 0.5) is 4.79 Å². The van der Waals surface area contributed by atoms with Crippen LogP contribution in [0.15, 0.2) is 30.3 Å². The average molecular weight is 1290 g/mol. The fourth-order valence-corrected chi connectivity index (χ4v) is 16.7. The number of nitrogens with zero attached hydrogens (tertiary/aromatic N) is 1. The predicted molar refractivity (Wildman–Crippen MR) is 401 cm³/mol. The first-order chi connectivity index (χ1) is 39.5. The first kappa shape index (κ1) is 95.2. The van der Waals surface area contributed by atoms with Gasteiger partial charge in [0.1, 0.15) is 0 Å². The Morgan fingerprint density at radius 1 is 0.462 bits per heavy atom. The maximum Gasteiger partial charge on any atom is 0.407 e. The van der Waals surface area contributed by atoms with Crippen molar-refractivity contribution in [3.05, 3.63) is 35.9 Å². The number of benzene rings is 1. The minimum atomic E-state index is -0.403. The van der Waals surface area contributed by atoms with Crippen LogP contribution in [0, 0.1) is 81.2 Å². The Kier molecular flexibility index (Phi) is 36.4. The lowest BCUT2D eigenvalue weighted by Gasteiger charge is -2.60. The molecule has 1 aromatic carbocycles. The molecule has 1 heterocycles. The molecule has 0 atom stereocenters. The number of carbonyl (C=O) groups is 2. The molecule has 0 spiro atoms. The third-order valence-corrected chi connectivity index (χ3v) is 17.8. The number of ether oxygens (including phenoxy) is 4. The van der Waals surface area contributed by atoms with Crippen molar-refractivity contribution in [2.24, 2.45) is 81.2 Å². The van der Waals surface area contributed by atoms with Crippen molar-refractivity contribution in [1.82, 2.24) is 20.9 Å². The molecule has 2 fully saturated rings. The summed E-state index contributed by atoms with van der Waals surface area (Å²) in [5.74, 6) is -0.352. The van der Waals surface area contributed by atoms with Gasteiger partial charge in [-0.25, -0.2) is 4.79 Å². The van der Waals surface area contributed by atoms with E-state index < -0.39 is 5.79 Å². The standard InChI is InChI=1S/C16H26O.C12H24.C11H23NO2.C11H23NO.C11H25N.C10H23N.C10H20O2/c1-15(2,3)14(16(4,5)6)17-12-13-10-8-7-9-11-13;1-10(2,3)12(8-7-9-12)11(4,5)6;1-10(2,3)8(11(4,5)6)12-9(13)14-7;1-8(13)12-9(10(2,3)4)11(5,6)7;1-10(2,3)9(12(7)8)11(4,5)6;1-9(2,3)8(11-7)10(4,5)6;1-8(2,3)10(9(4,5)6)11-7-12-10/h7-11,14H,12H2,1-6H3;7-9H2,1-6H3;8H,1-7H3,(H,12,13);9H,1-7H3,(H,12,13);9H,1-8H3;8,11H,1-7H3;7H2,1-6H3. The number of hydrogen-bond acceptors (Lipinski definition) is 8. The Hall–Kier alpha value is -2.24. The topological polar surface area (TPSA) is 110 Å². The van der Waals surface area contributed by atoms with Gasteiger partial charge >= 0.3 is 6.09 Å². The van der Waals surface area contributed by atoms with Crippen molar-refractivity contribution < 1.29 is 28.5 Å². The number of alkyl carbamates (subject to hydrolysis) is 1. The van der Waals surface area contributed by atoms with Crippen LogP contribution in [-0.2, 0) is 30.3 Å². The van der Waals surface area contributed by atoms with Gasteiger partial charge in [-0.15, -0.1) is 0 Å². The van der Waals surface area contributed by atoms with Gasteiger partial charge in [-0.05, 0) is 110 Å². The van der Waals surface area contributed by atoms with E-state index in [1.807, 2.05) is 13.1 Å². The molecule has 2 aliphatic rings. The molecule has 1 aromatic rings. The second-order valence-corrected chi connectivity index (χ2v) is 42.1. The molecule has 1 aliphatic carbocycles. The van der Waals surface area contributed by atoms with Crippen molar-refractivity contribution in [1.29, 1.82) is 0 Å². The number of methoxy groups -OCH3 is 1. The zero-order valence-electron chi connectivity index (χ0n) is 70.2. The molecule has 0 aromatic heterocycles. The summed E-state index contributed by atoms with van der Waals surface area (Å²) in [4.78, 5) is 24.6. The van der Waals surface area contributed by atoms with Gasteiger partial charge in [-0.2, -0.15) is 0 Å². The Balaban J connectivity index is -0.000000487. The van der Waals surface area contributed by atoms with Crippen molar-refractivity contribution in [3.63, 3.8) is 0 Å². The van der Waals surface area contributed by atoms with Gasteiger partial charge in [0.25, 0.3) is 0 Å². The monoisotopic (exact) mass is 1290 g/mol. The zero-order chi connectivity index (χ0) is 74.2. The number of amides is 2. The van der Waals surface area contributed by atoms with E-state index >= 15 is 0 Å². The van der Waals surface area contributed by atoms with Crippen LogP contribution in [0.3, 0.4) is 0 Å². The Labute approximate surface area is 570 Å². The third-order valence-electron chi connectivity index (χ3n) is 17.8. The predicted octanol–water partition coefficient (Wildman–Crippen LogP) is 22.8. The third kappa shape index (κ3) is 33.5. The van der Waals surface area contributed by atoms with Crippen LogP contribution in [0.5, 0.6) is 0 Å². The second-order valence-electron chi connectivity index (χ2n) is 42.1. The molecule has 0 bridgehead atoms. The van der Waals surface area contributed by atoms with Gasteiger partial charge in [0.15, 0.2) is 12.6 Å². The Morgan fingerprint density at radius 3 is 0.890 bits per heavy atom. The fraction of sp³-hybridized carbons (Fsp3) is 0.901. The number of carbonyl (C=O) groups excluding carboxylic acids is 2. The summed E-state index contributed by atoms with van der Waals surface area (Å²) in [7, 11) is 7.77. The molecule has 3 N–H and O–H groups in total. The molecule has 1 saturated heterocycles. The van der Waals surface area contributed by atoms with Crippen LogP contribution in [-0.4, -0.2) is 88.0 Å². The van der Waals surface area contributed by atoms with E-state index in [0.717, 1.165) is 0 Å². The SMILES string of the molecule is CC(=O)NC(C(C)(C)C)C(C)(C)C.CC(C)(C)C(OCc1ccccc1)C(C)(C)C.CC(C)(C)C1(C(C)(C)C)CCC1.CC(C)(C)C1(C(C)(C)C)OCO1.CN(C)C(C(C)(C)C)C(C)(C)C.CNC(C(C)(C)C)C(C)(C)C.COC(=O)NC(C(C)(C)C)C(C)(C)C. The molecule has 91 heavy (non-hydrogen) atoms. The lowest BCUT2D eigenvalue weighted by Crippen LogP contribution is -2.63. The second kappa shape index (κ2) is 34.8. The highest BCUT2D eigenvalue weighted by Gasteiger charge is 2.58. The van der Waals surface area contributed by atoms with Gasteiger partial charge in [-0.1, -0.05) is 328 Å². The van der Waals surface area contributed by atoms with Gasteiger partial charge in [0.2, 0.25) is 5.91 Å². The zero-order valence-corrected chi connectivity index (χ0v) is 70.2. The smallest absolute Gasteiger partial charge is 0.407 e. The largest absolute Gasteiger partial charge is 0.453 e. The normalized spacial score (nSPS) is 16.1. The van der Waals surface area contributed by atoms with Gasteiger partial charge in [0, 0.05) is 41.9 Å². The van der Waals surface area contributed by atoms with E-state index in [0.29, 0.717) is 63.4 Å². The Bertz CT molecular complexity index is 2010. The maximum absolute atomic E-state index is 11.2. The number of nitrogens with one attached hydrogen (secondary N) is 3. The van der Waals surface area contributed by atoms with Crippen LogP contribution < -0.4 is 16.0 Å². The number of rotatable bonds is 7. The van der Waals surface area contributed by atoms with Crippen molar-refractivity contribution >= 4 is 12.0 Å². The van der Waals surface area contributed by atoms with E-state index in [4.69, 9.17) is 14.2 Å².